The van der Waals surface area contributed by atoms with Gasteiger partial charge >= 0.3 is 5.97 Å². The van der Waals surface area contributed by atoms with Gasteiger partial charge in [0.15, 0.2) is 0 Å². The summed E-state index contributed by atoms with van der Waals surface area (Å²) in [6.45, 7) is 1.74. The lowest BCUT2D eigenvalue weighted by molar-refractivity contribution is -0.184. The number of aliphatic hydroxyl groups is 1. The summed E-state index contributed by atoms with van der Waals surface area (Å²) < 4.78 is 16.6. The smallest absolute Gasteiger partial charge is 0.330 e. The first-order valence-corrected chi connectivity index (χ1v) is 7.63. The van der Waals surface area contributed by atoms with E-state index in [0.717, 1.165) is 12.8 Å². The van der Waals surface area contributed by atoms with Crippen LogP contribution >= 0.6 is 0 Å². The second-order valence-corrected chi connectivity index (χ2v) is 6.06. The molecular weight excluding hydrogens is 286 g/mol. The van der Waals surface area contributed by atoms with Gasteiger partial charge < -0.3 is 19.3 Å². The minimum absolute atomic E-state index is 0.0370. The highest BCUT2D eigenvalue weighted by atomic mass is 16.6. The van der Waals surface area contributed by atoms with Crippen molar-refractivity contribution in [1.82, 2.24) is 0 Å². The number of nitriles is 1. The van der Waals surface area contributed by atoms with Gasteiger partial charge in [-0.25, -0.2) is 4.79 Å². The zero-order valence-corrected chi connectivity index (χ0v) is 13.0. The molecule has 0 spiro atoms. The van der Waals surface area contributed by atoms with Crippen LogP contribution in [0.1, 0.15) is 32.6 Å². The van der Waals surface area contributed by atoms with Crippen LogP contribution in [0.4, 0.5) is 0 Å². The summed E-state index contributed by atoms with van der Waals surface area (Å²) >= 11 is 0. The number of aliphatic hydroxyl groups excluding tert-OH is 1. The number of hydrogen-bond donors (Lipinski definition) is 1. The first kappa shape index (κ1) is 16.9. The van der Waals surface area contributed by atoms with Crippen molar-refractivity contribution < 1.29 is 24.1 Å². The van der Waals surface area contributed by atoms with E-state index in [0.29, 0.717) is 12.8 Å². The van der Waals surface area contributed by atoms with Crippen LogP contribution in [-0.4, -0.2) is 48.7 Å². The molecule has 6 heteroatoms. The van der Waals surface area contributed by atoms with E-state index in [9.17, 15) is 9.90 Å². The minimum Gasteiger partial charge on any atom is -0.466 e. The Morgan fingerprint density at radius 2 is 2.36 bits per heavy atom. The van der Waals surface area contributed by atoms with Gasteiger partial charge in [-0.15, -0.1) is 0 Å². The summed E-state index contributed by atoms with van der Waals surface area (Å²) in [6.07, 6.45) is 5.25. The number of carbonyl (C=O) groups is 1. The third-order valence-corrected chi connectivity index (χ3v) is 4.38. The molecule has 122 valence electrons. The Bertz CT molecular complexity index is 472. The summed E-state index contributed by atoms with van der Waals surface area (Å²) in [5.74, 6) is -0.507. The van der Waals surface area contributed by atoms with Crippen LogP contribution in [0.15, 0.2) is 12.2 Å². The van der Waals surface area contributed by atoms with Crippen molar-refractivity contribution >= 4 is 5.97 Å². The number of rotatable bonds is 5. The average Bonchev–Trinajstić information content (AvgIpc) is 2.90. The van der Waals surface area contributed by atoms with E-state index < -0.39 is 11.6 Å². The molecule has 0 aromatic heterocycles. The van der Waals surface area contributed by atoms with Crippen molar-refractivity contribution in [3.63, 3.8) is 0 Å². The summed E-state index contributed by atoms with van der Waals surface area (Å²) in [6, 6.07) is 2.21. The van der Waals surface area contributed by atoms with Crippen LogP contribution in [-0.2, 0) is 19.0 Å². The predicted octanol–water partition coefficient (Wildman–Crippen LogP) is 1.33. The number of nitrogens with zero attached hydrogens (tertiary/aromatic N) is 1. The summed E-state index contributed by atoms with van der Waals surface area (Å²) in [5, 5.41) is 18.7. The summed E-state index contributed by atoms with van der Waals surface area (Å²) in [4.78, 5) is 11.2. The molecule has 2 aliphatic heterocycles. The van der Waals surface area contributed by atoms with Crippen LogP contribution in [0.2, 0.25) is 0 Å². The average molecular weight is 309 g/mol. The molecule has 1 N–H and O–H groups in total. The quantitative estimate of drug-likeness (QED) is 0.609. The maximum atomic E-state index is 11.2. The Balaban J connectivity index is 2.01. The van der Waals surface area contributed by atoms with Crippen LogP contribution in [0, 0.1) is 17.2 Å². The minimum atomic E-state index is -0.733. The summed E-state index contributed by atoms with van der Waals surface area (Å²) in [7, 11) is 1.32. The number of hydrogen-bond acceptors (Lipinski definition) is 6. The number of ether oxygens (including phenoxy) is 3. The highest BCUT2D eigenvalue weighted by molar-refractivity contribution is 5.81. The zero-order valence-electron chi connectivity index (χ0n) is 13.0. The van der Waals surface area contributed by atoms with Crippen LogP contribution in [0.5, 0.6) is 0 Å². The van der Waals surface area contributed by atoms with E-state index in [4.69, 9.17) is 14.7 Å². The number of fused-ring (bicyclic) bond motifs is 1. The van der Waals surface area contributed by atoms with E-state index in [1.54, 1.807) is 6.08 Å². The number of esters is 1. The Morgan fingerprint density at radius 1 is 1.59 bits per heavy atom. The van der Waals surface area contributed by atoms with Crippen molar-refractivity contribution in [3.05, 3.63) is 12.2 Å². The molecule has 0 amide bonds. The third-order valence-electron chi connectivity index (χ3n) is 4.38. The lowest BCUT2D eigenvalue weighted by atomic mass is 9.85. The second kappa shape index (κ2) is 7.23. The molecule has 6 nitrogen and oxygen atoms in total. The molecule has 0 aromatic rings. The molecule has 2 fully saturated rings. The molecule has 2 aliphatic rings. The third kappa shape index (κ3) is 3.67. The molecule has 2 heterocycles. The van der Waals surface area contributed by atoms with Gasteiger partial charge in [-0.3, -0.25) is 0 Å². The first-order chi connectivity index (χ1) is 10.5. The monoisotopic (exact) mass is 309 g/mol. The standard InChI is InChI=1S/C16H23NO5/c1-11(9-17)7-12-3-5-14-16(10-18,22-12)8-13(21-14)4-6-15(19)20-2/h4,6,11-14,18H,3,5,7-8,10H2,1-2H3. The fourth-order valence-electron chi connectivity index (χ4n) is 3.22. The van der Waals surface area contributed by atoms with E-state index in [-0.39, 0.29) is 30.8 Å². The molecule has 22 heavy (non-hydrogen) atoms. The lowest BCUT2D eigenvalue weighted by Crippen LogP contribution is -2.51. The van der Waals surface area contributed by atoms with E-state index in [2.05, 4.69) is 10.8 Å². The van der Waals surface area contributed by atoms with Gasteiger partial charge in [0.05, 0.1) is 38.1 Å². The fraction of sp³-hybridized carbons (Fsp3) is 0.750. The van der Waals surface area contributed by atoms with Crippen LogP contribution in [0.25, 0.3) is 0 Å². The fourth-order valence-corrected chi connectivity index (χ4v) is 3.22. The van der Waals surface area contributed by atoms with Gasteiger partial charge in [-0.2, -0.15) is 5.26 Å². The topological polar surface area (TPSA) is 88.8 Å². The van der Waals surface area contributed by atoms with Gasteiger partial charge in [-0.05, 0) is 32.3 Å². The highest BCUT2D eigenvalue weighted by Gasteiger charge is 2.52. The van der Waals surface area contributed by atoms with Gasteiger partial charge in [0.25, 0.3) is 0 Å². The Hall–Kier alpha value is -1.42. The molecule has 0 radical (unpaired) electrons. The van der Waals surface area contributed by atoms with Crippen molar-refractivity contribution in [2.75, 3.05) is 13.7 Å². The van der Waals surface area contributed by atoms with Gasteiger partial charge in [0.2, 0.25) is 0 Å². The van der Waals surface area contributed by atoms with Crippen LogP contribution in [0.3, 0.4) is 0 Å². The number of carbonyl (C=O) groups excluding carboxylic acids is 1. The largest absolute Gasteiger partial charge is 0.466 e. The highest BCUT2D eigenvalue weighted by Crippen LogP contribution is 2.42. The zero-order chi connectivity index (χ0) is 16.2. The molecular formula is C16H23NO5. The van der Waals surface area contributed by atoms with Crippen LogP contribution < -0.4 is 0 Å². The Kier molecular flexibility index (Phi) is 5.57. The molecule has 0 aromatic carbocycles. The molecule has 5 unspecified atom stereocenters. The van der Waals surface area contributed by atoms with E-state index >= 15 is 0 Å². The van der Waals surface area contributed by atoms with Crippen molar-refractivity contribution in [3.8, 4) is 6.07 Å². The normalized spacial score (nSPS) is 35.8. The Morgan fingerprint density at radius 3 is 3.00 bits per heavy atom. The first-order valence-electron chi connectivity index (χ1n) is 7.63. The van der Waals surface area contributed by atoms with Gasteiger partial charge in [-0.1, -0.05) is 0 Å². The van der Waals surface area contributed by atoms with Gasteiger partial charge in [0, 0.05) is 18.4 Å². The lowest BCUT2D eigenvalue weighted by Gasteiger charge is -2.41. The van der Waals surface area contributed by atoms with Crippen molar-refractivity contribution in [2.24, 2.45) is 5.92 Å². The molecule has 0 saturated carbocycles. The second-order valence-electron chi connectivity index (χ2n) is 6.06. The molecule has 5 atom stereocenters. The van der Waals surface area contributed by atoms with Crippen molar-refractivity contribution in [2.45, 2.75) is 56.5 Å². The van der Waals surface area contributed by atoms with Crippen molar-refractivity contribution in [1.29, 1.82) is 5.26 Å². The summed E-state index contributed by atoms with van der Waals surface area (Å²) in [5.41, 5.74) is -0.733. The van der Waals surface area contributed by atoms with E-state index in [1.165, 1.54) is 13.2 Å². The maximum Gasteiger partial charge on any atom is 0.330 e. The van der Waals surface area contributed by atoms with Gasteiger partial charge in [0.1, 0.15) is 5.60 Å². The molecule has 0 aliphatic carbocycles. The molecule has 0 bridgehead atoms. The number of methoxy groups -OCH3 is 1. The molecule has 2 saturated heterocycles. The van der Waals surface area contributed by atoms with E-state index in [1.807, 2.05) is 6.92 Å². The SMILES string of the molecule is COC(=O)C=CC1CC2(CO)OC(CC(C)C#N)CCC2O1. The maximum absolute atomic E-state index is 11.2. The Labute approximate surface area is 130 Å². The predicted molar refractivity (Wildman–Crippen MR) is 77.8 cm³/mol. The molecule has 2 rings (SSSR count).